The van der Waals surface area contributed by atoms with Gasteiger partial charge in [0.25, 0.3) is 0 Å². The van der Waals surface area contributed by atoms with E-state index in [1.165, 1.54) is 18.1 Å². The normalized spacial score (nSPS) is 22.0. The topological polar surface area (TPSA) is 25.4 Å². The van der Waals surface area contributed by atoms with Gasteiger partial charge in [-0.15, -0.1) is 0 Å². The summed E-state index contributed by atoms with van der Waals surface area (Å²) < 4.78 is 28.4. The molecule has 1 fully saturated rings. The van der Waals surface area contributed by atoms with Gasteiger partial charge in [0.15, 0.2) is 0 Å². The van der Waals surface area contributed by atoms with Crippen molar-refractivity contribution in [1.82, 2.24) is 9.88 Å². The Kier molecular flexibility index (Phi) is 8.17. The maximum atomic E-state index is 12.1. The van der Waals surface area contributed by atoms with E-state index in [1.807, 2.05) is 33.8 Å². The van der Waals surface area contributed by atoms with E-state index in [0.717, 1.165) is 18.7 Å². The smallest absolute Gasteiger partial charge is 0.388 e. The van der Waals surface area contributed by atoms with Gasteiger partial charge in [0.2, 0.25) is 5.88 Å². The molecule has 1 saturated heterocycles. The molecule has 2 unspecified atom stereocenters. The van der Waals surface area contributed by atoms with Crippen molar-refractivity contribution >= 4 is 5.57 Å². The van der Waals surface area contributed by atoms with Crippen molar-refractivity contribution in [2.75, 3.05) is 13.1 Å². The number of alkyl halides is 2. The Morgan fingerprint density at radius 3 is 2.43 bits per heavy atom. The molecule has 0 saturated carbocycles. The van der Waals surface area contributed by atoms with Crippen molar-refractivity contribution in [2.24, 2.45) is 5.92 Å². The van der Waals surface area contributed by atoms with Gasteiger partial charge in [-0.05, 0) is 36.1 Å². The molecule has 1 aliphatic heterocycles. The first-order chi connectivity index (χ1) is 11.2. The highest BCUT2D eigenvalue weighted by Crippen LogP contribution is 2.41. The van der Waals surface area contributed by atoms with Gasteiger partial charge in [0.05, 0.1) is 0 Å². The van der Waals surface area contributed by atoms with Crippen LogP contribution in [0.25, 0.3) is 5.57 Å². The molecule has 5 heteroatoms. The second-order valence-electron chi connectivity index (χ2n) is 4.98. The molecule has 1 aromatic heterocycles. The van der Waals surface area contributed by atoms with E-state index in [2.05, 4.69) is 27.6 Å². The highest BCUT2D eigenvalue weighted by molar-refractivity contribution is 5.72. The van der Waals surface area contributed by atoms with Gasteiger partial charge in [-0.25, -0.2) is 4.98 Å². The SMILES string of the molecule is CC.CC.CCN1CC2C=C(c3ccc(OC(F)F)nc3)C1C2. The summed E-state index contributed by atoms with van der Waals surface area (Å²) >= 11 is 0. The predicted octanol–water partition coefficient (Wildman–Crippen LogP) is 4.84. The van der Waals surface area contributed by atoms with E-state index in [9.17, 15) is 8.78 Å². The molecule has 3 nitrogen and oxygen atoms in total. The third kappa shape index (κ3) is 4.74. The number of ether oxygens (including phenoxy) is 1. The van der Waals surface area contributed by atoms with Gasteiger partial charge in [-0.3, -0.25) is 4.90 Å². The van der Waals surface area contributed by atoms with Crippen LogP contribution in [0.2, 0.25) is 0 Å². The molecule has 1 aliphatic carbocycles. The molecular formula is C18H28F2N2O. The van der Waals surface area contributed by atoms with Gasteiger partial charge in [0, 0.05) is 24.8 Å². The lowest BCUT2D eigenvalue weighted by Gasteiger charge is -2.26. The van der Waals surface area contributed by atoms with E-state index >= 15 is 0 Å². The molecule has 2 bridgehead atoms. The fraction of sp³-hybridized carbons (Fsp3) is 0.611. The van der Waals surface area contributed by atoms with Gasteiger partial charge < -0.3 is 4.74 Å². The maximum absolute atomic E-state index is 12.1. The van der Waals surface area contributed by atoms with Crippen molar-refractivity contribution < 1.29 is 13.5 Å². The van der Waals surface area contributed by atoms with Crippen LogP contribution < -0.4 is 4.74 Å². The number of halogens is 2. The van der Waals surface area contributed by atoms with Crippen LogP contribution in [0.4, 0.5) is 8.78 Å². The summed E-state index contributed by atoms with van der Waals surface area (Å²) in [5.74, 6) is 0.590. The molecular weight excluding hydrogens is 298 g/mol. The first kappa shape index (κ1) is 19.6. The van der Waals surface area contributed by atoms with E-state index < -0.39 is 6.61 Å². The van der Waals surface area contributed by atoms with Crippen LogP contribution in [0.3, 0.4) is 0 Å². The Bertz CT molecular complexity index is 488. The molecule has 0 aromatic carbocycles. The zero-order chi connectivity index (χ0) is 17.4. The molecule has 130 valence electrons. The average Bonchev–Trinajstić information content (AvgIpc) is 3.19. The molecule has 0 radical (unpaired) electrons. The van der Waals surface area contributed by atoms with E-state index in [0.29, 0.717) is 12.0 Å². The van der Waals surface area contributed by atoms with E-state index in [4.69, 9.17) is 0 Å². The zero-order valence-corrected chi connectivity index (χ0v) is 14.7. The van der Waals surface area contributed by atoms with Crippen molar-refractivity contribution in [3.63, 3.8) is 0 Å². The minimum absolute atomic E-state index is 0.0325. The van der Waals surface area contributed by atoms with Crippen molar-refractivity contribution in [3.05, 3.63) is 30.0 Å². The standard InChI is InChI=1S/C14H16F2N2O.2C2H6/c1-2-18-8-9-5-11(12(18)6-9)10-3-4-13(17-7-10)19-14(15)16;2*1-2/h3-5,7,9,12,14H,2,6,8H2,1H3;2*1-2H3. The molecule has 2 heterocycles. The van der Waals surface area contributed by atoms with Crippen LogP contribution in [0.15, 0.2) is 24.4 Å². The summed E-state index contributed by atoms with van der Waals surface area (Å²) in [7, 11) is 0. The Morgan fingerprint density at radius 1 is 1.26 bits per heavy atom. The quantitative estimate of drug-likeness (QED) is 0.791. The number of pyridine rings is 1. The molecule has 0 N–H and O–H groups in total. The lowest BCUT2D eigenvalue weighted by Crippen LogP contribution is -2.31. The lowest BCUT2D eigenvalue weighted by molar-refractivity contribution is -0.0528. The van der Waals surface area contributed by atoms with Gasteiger partial charge in [-0.2, -0.15) is 8.78 Å². The molecule has 0 spiro atoms. The van der Waals surface area contributed by atoms with Gasteiger partial charge >= 0.3 is 6.61 Å². The molecule has 2 aliphatic rings. The fourth-order valence-electron chi connectivity index (χ4n) is 3.10. The van der Waals surface area contributed by atoms with Crippen LogP contribution in [-0.4, -0.2) is 35.6 Å². The lowest BCUT2D eigenvalue weighted by atomic mass is 10.0. The number of nitrogens with zero attached hydrogens (tertiary/aromatic N) is 2. The summed E-state index contributed by atoms with van der Waals surface area (Å²) in [5.41, 5.74) is 2.28. The minimum Gasteiger partial charge on any atom is -0.417 e. The fourth-order valence-corrected chi connectivity index (χ4v) is 3.10. The Balaban J connectivity index is 0.000000615. The first-order valence-corrected chi connectivity index (χ1v) is 8.54. The highest BCUT2D eigenvalue weighted by atomic mass is 19.3. The molecule has 23 heavy (non-hydrogen) atoms. The number of hydrogen-bond donors (Lipinski definition) is 0. The van der Waals surface area contributed by atoms with E-state index in [-0.39, 0.29) is 5.88 Å². The molecule has 3 rings (SSSR count). The Labute approximate surface area is 138 Å². The summed E-state index contributed by atoms with van der Waals surface area (Å²) in [6.07, 6.45) is 5.08. The number of aromatic nitrogens is 1. The number of fused-ring (bicyclic) bond motifs is 2. The molecule has 1 aromatic rings. The third-order valence-electron chi connectivity index (χ3n) is 3.90. The molecule has 0 amide bonds. The van der Waals surface area contributed by atoms with Gasteiger partial charge in [0.1, 0.15) is 0 Å². The summed E-state index contributed by atoms with van der Waals surface area (Å²) in [5, 5.41) is 0. The van der Waals surface area contributed by atoms with Crippen LogP contribution in [0.1, 0.15) is 46.6 Å². The Morgan fingerprint density at radius 2 is 1.96 bits per heavy atom. The monoisotopic (exact) mass is 326 g/mol. The predicted molar refractivity (Wildman–Crippen MR) is 90.7 cm³/mol. The molecule has 2 atom stereocenters. The summed E-state index contributed by atoms with van der Waals surface area (Å²) in [6, 6.07) is 3.77. The maximum Gasteiger partial charge on any atom is 0.388 e. The summed E-state index contributed by atoms with van der Waals surface area (Å²) in [4.78, 5) is 6.38. The second kappa shape index (κ2) is 9.60. The van der Waals surface area contributed by atoms with Crippen LogP contribution in [0.5, 0.6) is 5.88 Å². The van der Waals surface area contributed by atoms with Crippen molar-refractivity contribution in [2.45, 2.75) is 53.7 Å². The highest BCUT2D eigenvalue weighted by Gasteiger charge is 2.38. The number of likely N-dealkylation sites (tertiary alicyclic amines) is 1. The van der Waals surface area contributed by atoms with E-state index in [1.54, 1.807) is 6.20 Å². The third-order valence-corrected chi connectivity index (χ3v) is 3.90. The summed E-state index contributed by atoms with van der Waals surface area (Å²) in [6.45, 7) is 9.51. The van der Waals surface area contributed by atoms with Crippen LogP contribution in [-0.2, 0) is 0 Å². The van der Waals surface area contributed by atoms with Gasteiger partial charge in [-0.1, -0.05) is 40.7 Å². The van der Waals surface area contributed by atoms with Crippen molar-refractivity contribution in [1.29, 1.82) is 0 Å². The zero-order valence-electron chi connectivity index (χ0n) is 14.7. The largest absolute Gasteiger partial charge is 0.417 e. The average molecular weight is 326 g/mol. The number of hydrogen-bond acceptors (Lipinski definition) is 3. The number of likely N-dealkylation sites (N-methyl/N-ethyl adjacent to an activating group) is 1. The number of rotatable bonds is 4. The van der Waals surface area contributed by atoms with Crippen LogP contribution >= 0.6 is 0 Å². The Hall–Kier alpha value is -1.49. The second-order valence-corrected chi connectivity index (χ2v) is 4.98. The van der Waals surface area contributed by atoms with Crippen LogP contribution in [0, 0.1) is 5.92 Å². The minimum atomic E-state index is -2.82. The first-order valence-electron chi connectivity index (χ1n) is 8.54. The van der Waals surface area contributed by atoms with Crippen molar-refractivity contribution in [3.8, 4) is 5.88 Å².